The molecule has 1 amide bonds. The fourth-order valence-corrected chi connectivity index (χ4v) is 4.33. The smallest absolute Gasteiger partial charge is 0.548 e. The molecule has 2 rings (SSSR count). The summed E-state index contributed by atoms with van der Waals surface area (Å²) in [5.41, 5.74) is 0. The average Bonchev–Trinajstić information content (AvgIpc) is 2.19. The molecule has 16 heavy (non-hydrogen) atoms. The minimum atomic E-state index is -3.61. The van der Waals surface area contributed by atoms with Crippen molar-refractivity contribution in [2.75, 3.05) is 0 Å². The molecule has 0 spiro atoms. The van der Waals surface area contributed by atoms with Crippen molar-refractivity contribution in [1.29, 1.82) is 0 Å². The van der Waals surface area contributed by atoms with Gasteiger partial charge in [-0.2, -0.15) is 0 Å². The van der Waals surface area contributed by atoms with Crippen LogP contribution in [-0.4, -0.2) is 41.4 Å². The van der Waals surface area contributed by atoms with E-state index in [0.717, 1.165) is 4.90 Å². The first-order valence-corrected chi connectivity index (χ1v) is 6.01. The van der Waals surface area contributed by atoms with Gasteiger partial charge in [0.15, 0.2) is 9.84 Å². The minimum absolute atomic E-state index is 0. The molecule has 0 N–H and O–H groups in total. The molecule has 0 aliphatic carbocycles. The van der Waals surface area contributed by atoms with Crippen molar-refractivity contribution in [2.24, 2.45) is 0 Å². The number of carboxylic acid groups (broad SMARTS) is 1. The number of hydrogen-bond donors (Lipinski definition) is 0. The normalized spacial score (nSPS) is 33.6. The minimum Gasteiger partial charge on any atom is -0.548 e. The van der Waals surface area contributed by atoms with E-state index in [1.165, 1.54) is 13.8 Å². The van der Waals surface area contributed by atoms with Crippen LogP contribution in [0.3, 0.4) is 0 Å². The summed E-state index contributed by atoms with van der Waals surface area (Å²) in [4.78, 5) is 23.0. The second kappa shape index (κ2) is 3.69. The van der Waals surface area contributed by atoms with Gasteiger partial charge in [-0.05, 0) is 13.8 Å². The van der Waals surface area contributed by atoms with Gasteiger partial charge in [0, 0.05) is 0 Å². The fraction of sp³-hybridized carbons (Fsp3) is 0.750. The monoisotopic (exact) mass is 255 g/mol. The van der Waals surface area contributed by atoms with Gasteiger partial charge in [-0.1, -0.05) is 0 Å². The van der Waals surface area contributed by atoms with Crippen LogP contribution in [0.2, 0.25) is 0 Å². The van der Waals surface area contributed by atoms with Gasteiger partial charge in [0.2, 0.25) is 5.91 Å². The third-order valence-electron chi connectivity index (χ3n) is 3.20. The molecule has 6 nitrogen and oxygen atoms in total. The van der Waals surface area contributed by atoms with E-state index in [0.29, 0.717) is 0 Å². The van der Waals surface area contributed by atoms with E-state index in [1.807, 2.05) is 0 Å². The maximum absolute atomic E-state index is 11.9. The molecule has 2 saturated heterocycles. The van der Waals surface area contributed by atoms with Gasteiger partial charge in [-0.3, -0.25) is 4.79 Å². The first-order valence-electron chi connectivity index (χ1n) is 4.46. The zero-order chi connectivity index (χ0) is 11.6. The van der Waals surface area contributed by atoms with E-state index >= 15 is 0 Å². The van der Waals surface area contributed by atoms with Crippen molar-refractivity contribution < 1.29 is 52.7 Å². The number of carboxylic acids is 1. The molecule has 0 bridgehead atoms. The first kappa shape index (κ1) is 14.0. The summed E-state index contributed by atoms with van der Waals surface area (Å²) in [6.07, 6.45) is -0.116. The second-order valence-electron chi connectivity index (χ2n) is 4.33. The summed E-state index contributed by atoms with van der Waals surface area (Å²) in [6, 6.07) is -1.37. The van der Waals surface area contributed by atoms with Crippen molar-refractivity contribution in [1.82, 2.24) is 4.90 Å². The molecule has 2 atom stereocenters. The van der Waals surface area contributed by atoms with Crippen molar-refractivity contribution in [2.45, 2.75) is 36.4 Å². The van der Waals surface area contributed by atoms with Crippen LogP contribution in [0.4, 0.5) is 0 Å². The van der Waals surface area contributed by atoms with E-state index in [-0.39, 0.29) is 36.0 Å². The van der Waals surface area contributed by atoms with Gasteiger partial charge in [0.1, 0.15) is 5.37 Å². The van der Waals surface area contributed by atoms with Gasteiger partial charge < -0.3 is 14.8 Å². The molecule has 0 aromatic carbocycles. The number of hydrogen-bond acceptors (Lipinski definition) is 5. The Morgan fingerprint density at radius 3 is 2.31 bits per heavy atom. The molecule has 84 valence electrons. The number of nitrogens with zero attached hydrogens (tertiary/aromatic N) is 1. The van der Waals surface area contributed by atoms with E-state index < -0.39 is 37.9 Å². The number of carbonyl (C=O) groups excluding carboxylic acids is 2. The van der Waals surface area contributed by atoms with Crippen LogP contribution in [0.1, 0.15) is 20.3 Å². The number of β-lactam (4-membered cyclic amide) rings is 1. The van der Waals surface area contributed by atoms with Gasteiger partial charge in [-0.25, -0.2) is 8.42 Å². The molecular formula is C8H10NNaO5S. The summed E-state index contributed by atoms with van der Waals surface area (Å²) < 4.78 is 22.2. The average molecular weight is 255 g/mol. The number of rotatable bonds is 1. The molecule has 0 aromatic heterocycles. The molecule has 0 aromatic rings. The summed E-state index contributed by atoms with van der Waals surface area (Å²) in [5.74, 6) is -1.96. The number of amides is 1. The summed E-state index contributed by atoms with van der Waals surface area (Å²) >= 11 is 0. The Bertz CT molecular complexity index is 457. The Morgan fingerprint density at radius 2 is 2.00 bits per heavy atom. The van der Waals surface area contributed by atoms with Gasteiger partial charge in [0.05, 0.1) is 23.2 Å². The Balaban J connectivity index is 0.00000128. The van der Waals surface area contributed by atoms with Crippen molar-refractivity contribution in [3.8, 4) is 0 Å². The van der Waals surface area contributed by atoms with E-state index in [2.05, 4.69) is 0 Å². The van der Waals surface area contributed by atoms with Gasteiger partial charge in [0.25, 0.3) is 0 Å². The largest absolute Gasteiger partial charge is 1.00 e. The summed E-state index contributed by atoms with van der Waals surface area (Å²) in [5, 5.41) is 9.90. The Kier molecular flexibility index (Phi) is 3.22. The van der Waals surface area contributed by atoms with Gasteiger partial charge >= 0.3 is 29.6 Å². The van der Waals surface area contributed by atoms with Gasteiger partial charge in [-0.15, -0.1) is 0 Å². The third-order valence-corrected chi connectivity index (χ3v) is 6.00. The zero-order valence-electron chi connectivity index (χ0n) is 9.26. The molecule has 2 heterocycles. The predicted octanol–water partition coefficient (Wildman–Crippen LogP) is -5.13. The molecule has 2 fully saturated rings. The molecule has 1 unspecified atom stereocenters. The fourth-order valence-electron chi connectivity index (χ4n) is 2.21. The number of carbonyl (C=O) groups is 2. The Labute approximate surface area is 115 Å². The molecular weight excluding hydrogens is 245 g/mol. The number of fused-ring (bicyclic) bond motifs is 1. The molecule has 2 aliphatic heterocycles. The maximum atomic E-state index is 11.9. The van der Waals surface area contributed by atoms with Crippen molar-refractivity contribution in [3.05, 3.63) is 0 Å². The maximum Gasteiger partial charge on any atom is 1.00 e. The van der Waals surface area contributed by atoms with Crippen LogP contribution in [0.25, 0.3) is 0 Å². The summed E-state index contributed by atoms with van der Waals surface area (Å²) in [6.45, 7) is 2.63. The van der Waals surface area contributed by atoms with Crippen LogP contribution in [0.15, 0.2) is 0 Å². The van der Waals surface area contributed by atoms with E-state index in [9.17, 15) is 23.1 Å². The number of aliphatic carboxylic acids is 1. The zero-order valence-corrected chi connectivity index (χ0v) is 12.1. The van der Waals surface area contributed by atoms with E-state index in [1.54, 1.807) is 0 Å². The van der Waals surface area contributed by atoms with Crippen LogP contribution in [0.5, 0.6) is 0 Å². The Hall–Kier alpha value is -0.110. The quantitative estimate of drug-likeness (QED) is 0.345. The molecule has 2 aliphatic rings. The van der Waals surface area contributed by atoms with Crippen LogP contribution < -0.4 is 34.7 Å². The standard InChI is InChI=1S/C8H11NO5S.Na/c1-8(2)6(7(11)12)9-4(10)3-5(9)15(8,13)14;/h5-6H,3H2,1-2H3,(H,11,12);/q;+1/p-1/t5-,6?;/m1./s1. The third kappa shape index (κ3) is 1.38. The predicted molar refractivity (Wildman–Crippen MR) is 47.0 cm³/mol. The van der Waals surface area contributed by atoms with E-state index in [4.69, 9.17) is 0 Å². The Morgan fingerprint density at radius 1 is 1.50 bits per heavy atom. The topological polar surface area (TPSA) is 94.6 Å². The molecule has 0 saturated carbocycles. The van der Waals surface area contributed by atoms with Crippen molar-refractivity contribution in [3.63, 3.8) is 0 Å². The summed E-state index contributed by atoms with van der Waals surface area (Å²) in [7, 11) is -3.61. The van der Waals surface area contributed by atoms with Crippen LogP contribution in [-0.2, 0) is 19.4 Å². The van der Waals surface area contributed by atoms with Crippen molar-refractivity contribution >= 4 is 21.7 Å². The molecule has 8 heteroatoms. The van der Waals surface area contributed by atoms with Crippen LogP contribution >= 0.6 is 0 Å². The SMILES string of the molecule is CC1(C)C(C(=O)[O-])N2C(=O)C[C@H]2S1(=O)=O.[Na+]. The van der Waals surface area contributed by atoms with Crippen LogP contribution in [0, 0.1) is 0 Å². The molecule has 0 radical (unpaired) electrons. The second-order valence-corrected chi connectivity index (χ2v) is 7.02. The number of sulfone groups is 1. The first-order chi connectivity index (χ1) is 6.71.